The number of carbonyl (C=O) groups is 1. The number of benzene rings is 1. The van der Waals surface area contributed by atoms with Gasteiger partial charge in [-0.05, 0) is 25.1 Å². The molecule has 94 valence electrons. The Morgan fingerprint density at radius 2 is 2.00 bits per heavy atom. The molecule has 0 radical (unpaired) electrons. The number of rotatable bonds is 2. The van der Waals surface area contributed by atoms with Crippen LogP contribution in [-0.4, -0.2) is 10.5 Å². The largest absolute Gasteiger partial charge is 0.397 e. The average molecular weight is 266 g/mol. The van der Waals surface area contributed by atoms with Gasteiger partial charge >= 0.3 is 0 Å². The first-order valence-corrected chi connectivity index (χ1v) is 5.69. The highest BCUT2D eigenvalue weighted by Crippen LogP contribution is 2.26. The highest BCUT2D eigenvalue weighted by Gasteiger charge is 2.15. The van der Waals surface area contributed by atoms with E-state index >= 15 is 0 Å². The molecule has 0 aliphatic carbocycles. The van der Waals surface area contributed by atoms with E-state index in [0.717, 1.165) is 0 Å². The van der Waals surface area contributed by atoms with Gasteiger partial charge < -0.3 is 16.0 Å². The maximum atomic E-state index is 12.2. The summed E-state index contributed by atoms with van der Waals surface area (Å²) in [5.74, 6) is -0.571. The molecule has 0 aliphatic heterocycles. The van der Waals surface area contributed by atoms with Crippen LogP contribution in [0.15, 0.2) is 29.2 Å². The Morgan fingerprint density at radius 3 is 2.61 bits per heavy atom. The number of halogens is 1. The molecule has 1 unspecified atom stereocenters. The van der Waals surface area contributed by atoms with Crippen LogP contribution >= 0.6 is 11.6 Å². The van der Waals surface area contributed by atoms with Crippen LogP contribution < -0.4 is 17.0 Å². The van der Waals surface area contributed by atoms with Gasteiger partial charge in [-0.15, -0.1) is 0 Å². The third-order valence-electron chi connectivity index (χ3n) is 2.93. The molecule has 6 heteroatoms. The Balaban J connectivity index is 2.77. The maximum Gasteiger partial charge on any atom is 0.259 e. The number of pyridine rings is 1. The van der Waals surface area contributed by atoms with Crippen molar-refractivity contribution >= 4 is 34.0 Å². The lowest BCUT2D eigenvalue weighted by Crippen LogP contribution is -2.31. The van der Waals surface area contributed by atoms with Crippen molar-refractivity contribution in [2.75, 3.05) is 5.73 Å². The number of primary amides is 1. The van der Waals surface area contributed by atoms with Crippen LogP contribution in [0.3, 0.4) is 0 Å². The Labute approximate surface area is 108 Å². The average Bonchev–Trinajstić information content (AvgIpc) is 2.33. The minimum Gasteiger partial charge on any atom is -0.397 e. The number of hydrogen-bond acceptors (Lipinski definition) is 3. The highest BCUT2D eigenvalue weighted by atomic mass is 35.5. The van der Waals surface area contributed by atoms with E-state index in [4.69, 9.17) is 23.1 Å². The number of carbonyl (C=O) groups excluding carboxylic acids is 1. The number of aromatic nitrogens is 1. The van der Waals surface area contributed by atoms with Crippen molar-refractivity contribution in [1.82, 2.24) is 4.57 Å². The number of anilines is 1. The molecule has 0 bridgehead atoms. The first-order valence-electron chi connectivity index (χ1n) is 5.31. The van der Waals surface area contributed by atoms with Gasteiger partial charge in [-0.25, -0.2) is 0 Å². The Hall–Kier alpha value is -2.01. The second kappa shape index (κ2) is 4.34. The molecule has 0 saturated heterocycles. The van der Waals surface area contributed by atoms with Gasteiger partial charge in [-0.2, -0.15) is 0 Å². The van der Waals surface area contributed by atoms with Crippen molar-refractivity contribution < 1.29 is 4.79 Å². The lowest BCUT2D eigenvalue weighted by Gasteiger charge is -2.13. The summed E-state index contributed by atoms with van der Waals surface area (Å²) >= 11 is 5.88. The smallest absolute Gasteiger partial charge is 0.259 e. The van der Waals surface area contributed by atoms with E-state index < -0.39 is 11.9 Å². The van der Waals surface area contributed by atoms with Crippen LogP contribution in [-0.2, 0) is 4.79 Å². The van der Waals surface area contributed by atoms with E-state index in [0.29, 0.717) is 21.5 Å². The molecular formula is C12H12ClN3O2. The fraction of sp³-hybridized carbons (Fsp3) is 0.167. The molecule has 18 heavy (non-hydrogen) atoms. The molecule has 2 rings (SSSR count). The zero-order valence-electron chi connectivity index (χ0n) is 9.68. The third kappa shape index (κ3) is 1.82. The number of nitrogen functional groups attached to an aromatic ring is 1. The molecule has 1 aromatic heterocycles. The second-order valence-electron chi connectivity index (χ2n) is 4.03. The van der Waals surface area contributed by atoms with Crippen LogP contribution in [0.2, 0.25) is 5.02 Å². The molecule has 0 aliphatic rings. The number of fused-ring (bicyclic) bond motifs is 1. The summed E-state index contributed by atoms with van der Waals surface area (Å²) in [5.41, 5.74) is 11.0. The zero-order valence-corrected chi connectivity index (χ0v) is 10.4. The summed E-state index contributed by atoms with van der Waals surface area (Å²) in [7, 11) is 0. The van der Waals surface area contributed by atoms with Gasteiger partial charge in [0.15, 0.2) is 0 Å². The quantitative estimate of drug-likeness (QED) is 0.802. The molecule has 0 fully saturated rings. The van der Waals surface area contributed by atoms with Gasteiger partial charge in [0.2, 0.25) is 5.91 Å². The van der Waals surface area contributed by atoms with E-state index in [2.05, 4.69) is 0 Å². The topological polar surface area (TPSA) is 91.1 Å². The molecule has 2 aromatic rings. The van der Waals surface area contributed by atoms with E-state index in [1.54, 1.807) is 25.1 Å². The van der Waals surface area contributed by atoms with E-state index in [9.17, 15) is 9.59 Å². The summed E-state index contributed by atoms with van der Waals surface area (Å²) in [6, 6.07) is 4.08. The van der Waals surface area contributed by atoms with Crippen molar-refractivity contribution in [3.63, 3.8) is 0 Å². The Kier molecular flexibility index (Phi) is 3.00. The van der Waals surface area contributed by atoms with Crippen LogP contribution in [0, 0.1) is 0 Å². The van der Waals surface area contributed by atoms with Gasteiger partial charge in [-0.3, -0.25) is 9.59 Å². The fourth-order valence-corrected chi connectivity index (χ4v) is 1.94. The second-order valence-corrected chi connectivity index (χ2v) is 4.44. The maximum absolute atomic E-state index is 12.2. The van der Waals surface area contributed by atoms with Crippen molar-refractivity contribution in [3.05, 3.63) is 39.8 Å². The first kappa shape index (κ1) is 12.4. The lowest BCUT2D eigenvalue weighted by molar-refractivity contribution is -0.120. The van der Waals surface area contributed by atoms with Gasteiger partial charge in [0.25, 0.3) is 5.56 Å². The van der Waals surface area contributed by atoms with E-state index in [1.165, 1.54) is 10.8 Å². The zero-order chi connectivity index (χ0) is 13.4. The lowest BCUT2D eigenvalue weighted by atomic mass is 10.1. The molecule has 4 N–H and O–H groups in total. The molecule has 1 amide bonds. The predicted octanol–water partition coefficient (Wildman–Crippen LogP) is 1.28. The number of nitrogens with zero attached hydrogens (tertiary/aromatic N) is 1. The molecule has 1 heterocycles. The summed E-state index contributed by atoms with van der Waals surface area (Å²) in [6.45, 7) is 1.56. The minimum atomic E-state index is -0.709. The van der Waals surface area contributed by atoms with Crippen LogP contribution in [0.1, 0.15) is 13.0 Å². The van der Waals surface area contributed by atoms with Crippen molar-refractivity contribution in [1.29, 1.82) is 0 Å². The SMILES string of the molecule is CC(C(N)=O)n1ccc2c(N)c(Cl)ccc2c1=O. The first-order chi connectivity index (χ1) is 8.43. The monoisotopic (exact) mass is 265 g/mol. The summed E-state index contributed by atoms with van der Waals surface area (Å²) in [4.78, 5) is 23.3. The Morgan fingerprint density at radius 1 is 1.33 bits per heavy atom. The molecule has 0 spiro atoms. The molecule has 1 aromatic carbocycles. The van der Waals surface area contributed by atoms with E-state index in [-0.39, 0.29) is 5.56 Å². The van der Waals surface area contributed by atoms with E-state index in [1.807, 2.05) is 0 Å². The summed E-state index contributed by atoms with van der Waals surface area (Å²) < 4.78 is 1.28. The van der Waals surface area contributed by atoms with Gasteiger partial charge in [0, 0.05) is 17.0 Å². The minimum absolute atomic E-state index is 0.317. The number of amides is 1. The normalized spacial score (nSPS) is 12.6. The molecular weight excluding hydrogens is 254 g/mol. The Bertz CT molecular complexity index is 694. The van der Waals surface area contributed by atoms with Crippen LogP contribution in [0.5, 0.6) is 0 Å². The highest BCUT2D eigenvalue weighted by molar-refractivity contribution is 6.34. The van der Waals surface area contributed by atoms with Gasteiger partial charge in [-0.1, -0.05) is 11.6 Å². The summed E-state index contributed by atoms with van der Waals surface area (Å²) in [6.07, 6.45) is 1.49. The number of hydrogen-bond donors (Lipinski definition) is 2. The number of nitrogens with two attached hydrogens (primary N) is 2. The van der Waals surface area contributed by atoms with Gasteiger partial charge in [0.1, 0.15) is 6.04 Å². The summed E-state index contributed by atoms with van der Waals surface area (Å²) in [5, 5.41) is 1.37. The molecule has 0 saturated carbocycles. The third-order valence-corrected chi connectivity index (χ3v) is 3.26. The molecule has 5 nitrogen and oxygen atoms in total. The van der Waals surface area contributed by atoms with Crippen molar-refractivity contribution in [3.8, 4) is 0 Å². The standard InChI is InChI=1S/C12H12ClN3O2/c1-6(11(15)17)16-5-4-7-8(12(16)18)2-3-9(13)10(7)14/h2-6H,14H2,1H3,(H2,15,17). The molecule has 1 atom stereocenters. The van der Waals surface area contributed by atoms with Gasteiger partial charge in [0.05, 0.1) is 10.7 Å². The van der Waals surface area contributed by atoms with Crippen molar-refractivity contribution in [2.24, 2.45) is 5.73 Å². The predicted molar refractivity (Wildman–Crippen MR) is 71.5 cm³/mol. The fourth-order valence-electron chi connectivity index (χ4n) is 1.78. The van der Waals surface area contributed by atoms with Crippen LogP contribution in [0.4, 0.5) is 5.69 Å². The van der Waals surface area contributed by atoms with Crippen molar-refractivity contribution in [2.45, 2.75) is 13.0 Å². The van der Waals surface area contributed by atoms with Crippen LogP contribution in [0.25, 0.3) is 10.8 Å².